The molecule has 25 heavy (non-hydrogen) atoms. The Morgan fingerprint density at radius 1 is 1.24 bits per heavy atom. The molecule has 0 bridgehead atoms. The van der Waals surface area contributed by atoms with Gasteiger partial charge in [-0.25, -0.2) is 0 Å². The van der Waals surface area contributed by atoms with E-state index in [0.717, 1.165) is 58.4 Å². The van der Waals surface area contributed by atoms with Crippen molar-refractivity contribution in [3.63, 3.8) is 0 Å². The topological polar surface area (TPSA) is 58.1 Å². The summed E-state index contributed by atoms with van der Waals surface area (Å²) >= 11 is 0. The summed E-state index contributed by atoms with van der Waals surface area (Å²) < 4.78 is 11.0. The third-order valence-corrected chi connectivity index (χ3v) is 4.28. The Morgan fingerprint density at radius 3 is 2.40 bits per heavy atom. The summed E-state index contributed by atoms with van der Waals surface area (Å²) in [6.45, 7) is 18.2. The maximum Gasteiger partial charge on any atom is 0.191 e. The molecule has 0 aromatic heterocycles. The summed E-state index contributed by atoms with van der Waals surface area (Å²) in [5.41, 5.74) is 0.0999. The molecular weight excluding hydrogens is 431 g/mol. The first kappa shape index (κ1) is 24.9. The van der Waals surface area contributed by atoms with Crippen LogP contribution in [0.4, 0.5) is 0 Å². The molecule has 150 valence electrons. The summed E-state index contributed by atoms with van der Waals surface area (Å²) in [5.74, 6) is 1.40. The van der Waals surface area contributed by atoms with Crippen LogP contribution in [0, 0.1) is 11.3 Å². The number of nitrogens with one attached hydrogen (secondary N) is 2. The number of nitrogens with zero attached hydrogens (tertiary/aromatic N) is 2. The molecule has 1 heterocycles. The molecule has 0 aromatic rings. The van der Waals surface area contributed by atoms with Crippen molar-refractivity contribution in [1.82, 2.24) is 15.5 Å². The van der Waals surface area contributed by atoms with E-state index in [2.05, 4.69) is 50.2 Å². The van der Waals surface area contributed by atoms with Crippen LogP contribution in [-0.2, 0) is 9.47 Å². The van der Waals surface area contributed by atoms with Gasteiger partial charge in [0, 0.05) is 46.4 Å². The van der Waals surface area contributed by atoms with Crippen LogP contribution in [-0.4, -0.2) is 76.6 Å². The van der Waals surface area contributed by atoms with Crippen LogP contribution in [0.25, 0.3) is 0 Å². The van der Waals surface area contributed by atoms with E-state index >= 15 is 0 Å². The average molecular weight is 470 g/mol. The van der Waals surface area contributed by atoms with E-state index in [1.165, 1.54) is 0 Å². The maximum absolute atomic E-state index is 5.61. The number of rotatable bonds is 8. The second-order valence-electron chi connectivity index (χ2n) is 7.71. The van der Waals surface area contributed by atoms with Gasteiger partial charge in [-0.15, -0.1) is 24.0 Å². The van der Waals surface area contributed by atoms with E-state index in [9.17, 15) is 0 Å². The van der Waals surface area contributed by atoms with Gasteiger partial charge in [0.1, 0.15) is 0 Å². The lowest BCUT2D eigenvalue weighted by Gasteiger charge is -2.30. The Morgan fingerprint density at radius 2 is 1.88 bits per heavy atom. The summed E-state index contributed by atoms with van der Waals surface area (Å²) in [6.07, 6.45) is 0.145. The molecule has 1 rings (SSSR count). The minimum Gasteiger partial charge on any atom is -0.379 e. The molecular formula is C18H39IN4O2. The average Bonchev–Trinajstić information content (AvgIpc) is 2.52. The molecule has 0 spiro atoms. The quantitative estimate of drug-likeness (QED) is 0.324. The van der Waals surface area contributed by atoms with E-state index in [1.54, 1.807) is 7.11 Å². The molecule has 0 aliphatic carbocycles. The number of morpholine rings is 1. The molecule has 0 radical (unpaired) electrons. The Kier molecular flexibility index (Phi) is 13.0. The van der Waals surface area contributed by atoms with E-state index in [1.807, 2.05) is 0 Å². The number of methoxy groups -OCH3 is 1. The van der Waals surface area contributed by atoms with Gasteiger partial charge in [0.05, 0.1) is 19.3 Å². The standard InChI is InChI=1S/C18H38N4O2.HI/c1-7-19-17(21-13-16(23-6)18(3,4)5)20-12-15(2)14-22-8-10-24-11-9-22;/h15-16H,7-14H2,1-6H3,(H2,19,20,21);1H. The molecule has 1 fully saturated rings. The van der Waals surface area contributed by atoms with Gasteiger partial charge < -0.3 is 20.1 Å². The lowest BCUT2D eigenvalue weighted by atomic mass is 9.89. The van der Waals surface area contributed by atoms with E-state index in [-0.39, 0.29) is 35.5 Å². The van der Waals surface area contributed by atoms with Crippen LogP contribution in [0.2, 0.25) is 0 Å². The van der Waals surface area contributed by atoms with E-state index < -0.39 is 0 Å². The number of aliphatic imine (C=N–C) groups is 1. The predicted octanol–water partition coefficient (Wildman–Crippen LogP) is 2.19. The van der Waals surface area contributed by atoms with Crippen LogP contribution in [0.3, 0.4) is 0 Å². The summed E-state index contributed by atoms with van der Waals surface area (Å²) in [4.78, 5) is 7.21. The first-order chi connectivity index (χ1) is 11.4. The molecule has 7 heteroatoms. The van der Waals surface area contributed by atoms with E-state index in [0.29, 0.717) is 5.92 Å². The zero-order chi connectivity index (χ0) is 18.0. The van der Waals surface area contributed by atoms with Crippen molar-refractivity contribution in [2.75, 3.05) is 59.6 Å². The molecule has 2 N–H and O–H groups in total. The van der Waals surface area contributed by atoms with Gasteiger partial charge in [-0.3, -0.25) is 9.89 Å². The minimum absolute atomic E-state index is 0. The third-order valence-electron chi connectivity index (χ3n) is 4.28. The third kappa shape index (κ3) is 10.6. The second-order valence-corrected chi connectivity index (χ2v) is 7.71. The van der Waals surface area contributed by atoms with Crippen molar-refractivity contribution < 1.29 is 9.47 Å². The van der Waals surface area contributed by atoms with Crippen LogP contribution in [0.5, 0.6) is 0 Å². The zero-order valence-corrected chi connectivity index (χ0v) is 19.3. The van der Waals surface area contributed by atoms with Gasteiger partial charge in [-0.1, -0.05) is 27.7 Å². The number of hydrogen-bond donors (Lipinski definition) is 2. The summed E-state index contributed by atoms with van der Waals surface area (Å²) in [6, 6.07) is 0. The predicted molar refractivity (Wildman–Crippen MR) is 116 cm³/mol. The van der Waals surface area contributed by atoms with Crippen molar-refractivity contribution in [3.8, 4) is 0 Å². The molecule has 1 aliphatic heterocycles. The zero-order valence-electron chi connectivity index (χ0n) is 16.9. The van der Waals surface area contributed by atoms with Gasteiger partial charge >= 0.3 is 0 Å². The molecule has 0 aromatic carbocycles. The van der Waals surface area contributed by atoms with Gasteiger partial charge in [-0.2, -0.15) is 0 Å². The van der Waals surface area contributed by atoms with Crippen molar-refractivity contribution in [1.29, 1.82) is 0 Å². The van der Waals surface area contributed by atoms with Gasteiger partial charge in [0.2, 0.25) is 0 Å². The number of guanidine groups is 1. The summed E-state index contributed by atoms with van der Waals surface area (Å²) in [5, 5.41) is 6.74. The molecule has 0 saturated carbocycles. The van der Waals surface area contributed by atoms with Crippen molar-refractivity contribution >= 4 is 29.9 Å². The molecule has 2 unspecified atom stereocenters. The van der Waals surface area contributed by atoms with Crippen LogP contribution >= 0.6 is 24.0 Å². The van der Waals surface area contributed by atoms with Crippen LogP contribution in [0.15, 0.2) is 4.99 Å². The van der Waals surface area contributed by atoms with Crippen LogP contribution < -0.4 is 10.6 Å². The lowest BCUT2D eigenvalue weighted by Crippen LogP contribution is -2.45. The van der Waals surface area contributed by atoms with E-state index in [4.69, 9.17) is 14.5 Å². The fourth-order valence-electron chi connectivity index (χ4n) is 2.80. The molecule has 0 amide bonds. The lowest BCUT2D eigenvalue weighted by molar-refractivity contribution is 0.0205. The fraction of sp³-hybridized carbons (Fsp3) is 0.944. The van der Waals surface area contributed by atoms with Crippen molar-refractivity contribution in [2.45, 2.75) is 40.7 Å². The smallest absolute Gasteiger partial charge is 0.191 e. The minimum atomic E-state index is 0. The van der Waals surface area contributed by atoms with Gasteiger partial charge in [0.15, 0.2) is 5.96 Å². The Hall–Kier alpha value is -0.120. The highest BCUT2D eigenvalue weighted by molar-refractivity contribution is 14.0. The number of ether oxygens (including phenoxy) is 2. The largest absolute Gasteiger partial charge is 0.379 e. The van der Waals surface area contributed by atoms with Gasteiger partial charge in [-0.05, 0) is 18.3 Å². The highest BCUT2D eigenvalue weighted by Crippen LogP contribution is 2.20. The second kappa shape index (κ2) is 13.1. The van der Waals surface area contributed by atoms with Crippen LogP contribution in [0.1, 0.15) is 34.6 Å². The first-order valence-electron chi connectivity index (χ1n) is 9.21. The highest BCUT2D eigenvalue weighted by Gasteiger charge is 2.24. The Balaban J connectivity index is 0.00000576. The molecule has 1 aliphatic rings. The molecule has 2 atom stereocenters. The monoisotopic (exact) mass is 470 g/mol. The van der Waals surface area contributed by atoms with Gasteiger partial charge in [0.25, 0.3) is 0 Å². The maximum atomic E-state index is 5.61. The fourth-order valence-corrected chi connectivity index (χ4v) is 2.80. The number of halogens is 1. The summed E-state index contributed by atoms with van der Waals surface area (Å²) in [7, 11) is 1.77. The molecule has 6 nitrogen and oxygen atoms in total. The van der Waals surface area contributed by atoms with Crippen molar-refractivity contribution in [2.24, 2.45) is 16.3 Å². The SMILES string of the molecule is CCNC(=NCC(C)CN1CCOCC1)NCC(OC)C(C)(C)C.I. The highest BCUT2D eigenvalue weighted by atomic mass is 127. The molecule has 1 saturated heterocycles. The Bertz CT molecular complexity index is 369. The van der Waals surface area contributed by atoms with Crippen molar-refractivity contribution in [3.05, 3.63) is 0 Å². The first-order valence-corrected chi connectivity index (χ1v) is 9.21. The number of hydrogen-bond acceptors (Lipinski definition) is 4. The normalized spacial score (nSPS) is 19.0. The Labute approximate surface area is 171 Å².